The fraction of sp³-hybridized carbons (Fsp3) is 0.133. The van der Waals surface area contributed by atoms with E-state index in [4.69, 9.17) is 16.9 Å². The molecule has 4 nitrogen and oxygen atoms in total. The molecule has 1 aromatic carbocycles. The maximum Gasteiger partial charge on any atom is 0.289 e. The lowest BCUT2D eigenvalue weighted by atomic mass is 10.1. The lowest BCUT2D eigenvalue weighted by Crippen LogP contribution is -2.22. The first-order valence-corrected chi connectivity index (χ1v) is 6.34. The highest BCUT2D eigenvalue weighted by Gasteiger charge is 2.08. The van der Waals surface area contributed by atoms with Crippen LogP contribution in [-0.2, 0) is 0 Å². The summed E-state index contributed by atoms with van der Waals surface area (Å²) in [6.45, 7) is 3.50. The van der Waals surface area contributed by atoms with Crippen LogP contribution in [0.5, 0.6) is 0 Å². The fourth-order valence-corrected chi connectivity index (χ4v) is 2.07. The molecule has 0 unspecified atom stereocenters. The van der Waals surface area contributed by atoms with E-state index in [9.17, 15) is 4.79 Å². The summed E-state index contributed by atoms with van der Waals surface area (Å²) >= 11 is 5.88. The second kappa shape index (κ2) is 5.72. The van der Waals surface area contributed by atoms with Gasteiger partial charge in [-0.15, -0.1) is 0 Å². The van der Waals surface area contributed by atoms with Crippen molar-refractivity contribution in [3.63, 3.8) is 0 Å². The molecule has 0 saturated carbocycles. The van der Waals surface area contributed by atoms with Gasteiger partial charge in [-0.25, -0.2) is 4.68 Å². The molecule has 1 heterocycles. The molecule has 0 saturated heterocycles. The largest absolute Gasteiger partial charge is 0.289 e. The van der Waals surface area contributed by atoms with Crippen molar-refractivity contribution in [3.8, 4) is 6.07 Å². The summed E-state index contributed by atoms with van der Waals surface area (Å²) in [4.78, 5) is 12.1. The number of rotatable bonds is 2. The van der Waals surface area contributed by atoms with Crippen molar-refractivity contribution in [2.45, 2.75) is 13.8 Å². The Morgan fingerprint density at radius 3 is 2.75 bits per heavy atom. The minimum atomic E-state index is -0.414. The van der Waals surface area contributed by atoms with Crippen LogP contribution in [0.1, 0.15) is 22.4 Å². The maximum atomic E-state index is 12.1. The maximum absolute atomic E-state index is 12.1. The predicted molar refractivity (Wildman–Crippen MR) is 79.3 cm³/mol. The van der Waals surface area contributed by atoms with Gasteiger partial charge in [0.2, 0.25) is 0 Å². The van der Waals surface area contributed by atoms with E-state index in [1.165, 1.54) is 10.9 Å². The van der Waals surface area contributed by atoms with Gasteiger partial charge in [0.15, 0.2) is 0 Å². The molecule has 0 spiro atoms. The highest BCUT2D eigenvalue weighted by molar-refractivity contribution is 6.30. The normalized spacial score (nSPS) is 10.7. The zero-order chi connectivity index (χ0) is 14.7. The van der Waals surface area contributed by atoms with E-state index < -0.39 is 5.56 Å². The van der Waals surface area contributed by atoms with E-state index in [2.05, 4.69) is 5.10 Å². The predicted octanol–water partition coefficient (Wildman–Crippen LogP) is 2.87. The summed E-state index contributed by atoms with van der Waals surface area (Å²) < 4.78 is 1.21. The molecule has 0 amide bonds. The van der Waals surface area contributed by atoms with Gasteiger partial charge in [0.05, 0.1) is 6.21 Å². The Morgan fingerprint density at radius 1 is 1.35 bits per heavy atom. The summed E-state index contributed by atoms with van der Waals surface area (Å²) in [5.41, 5.74) is 1.80. The summed E-state index contributed by atoms with van der Waals surface area (Å²) in [5.74, 6) is 0. The summed E-state index contributed by atoms with van der Waals surface area (Å²) in [5, 5.41) is 13.7. The fourth-order valence-electron chi connectivity index (χ4n) is 1.87. The van der Waals surface area contributed by atoms with Crippen LogP contribution in [0, 0.1) is 25.2 Å². The first-order valence-electron chi connectivity index (χ1n) is 5.96. The topological polar surface area (TPSA) is 58.1 Å². The zero-order valence-corrected chi connectivity index (χ0v) is 11.8. The number of nitriles is 1. The molecule has 2 aromatic rings. The monoisotopic (exact) mass is 285 g/mol. The van der Waals surface area contributed by atoms with Gasteiger partial charge in [0.1, 0.15) is 11.6 Å². The van der Waals surface area contributed by atoms with Crippen LogP contribution in [0.3, 0.4) is 0 Å². The quantitative estimate of drug-likeness (QED) is 0.797. The summed E-state index contributed by atoms with van der Waals surface area (Å²) in [6.07, 6.45) is 1.54. The van der Waals surface area contributed by atoms with Crippen LogP contribution in [0.4, 0.5) is 0 Å². The molecule has 0 atom stereocenters. The Kier molecular flexibility index (Phi) is 4.02. The first kappa shape index (κ1) is 14.0. The molecule has 0 N–H and O–H groups in total. The lowest BCUT2D eigenvalue weighted by Gasteiger charge is -2.06. The number of pyridine rings is 1. The minimum Gasteiger partial charge on any atom is -0.266 e. The standard InChI is InChI=1S/C15H12ClN3O/c1-10-6-11(2)19(15(20)14(10)8-17)18-9-12-4-3-5-13(16)7-12/h3-7,9H,1-2H3/b18-9+. The highest BCUT2D eigenvalue weighted by Crippen LogP contribution is 2.09. The summed E-state index contributed by atoms with van der Waals surface area (Å²) in [7, 11) is 0. The van der Waals surface area contributed by atoms with Crippen LogP contribution in [-0.4, -0.2) is 10.9 Å². The highest BCUT2D eigenvalue weighted by atomic mass is 35.5. The molecule has 1 aromatic heterocycles. The van der Waals surface area contributed by atoms with E-state index in [0.29, 0.717) is 16.3 Å². The third-order valence-electron chi connectivity index (χ3n) is 2.84. The Hall–Kier alpha value is -2.38. The first-order chi connectivity index (χ1) is 9.52. The van der Waals surface area contributed by atoms with Crippen molar-refractivity contribution in [3.05, 3.63) is 68.1 Å². The number of aryl methyl sites for hydroxylation is 2. The van der Waals surface area contributed by atoms with Crippen LogP contribution in [0.2, 0.25) is 5.02 Å². The van der Waals surface area contributed by atoms with E-state index in [1.807, 2.05) is 12.1 Å². The van der Waals surface area contributed by atoms with Gasteiger partial charge in [-0.1, -0.05) is 23.7 Å². The molecule has 0 bridgehead atoms. The van der Waals surface area contributed by atoms with Crippen molar-refractivity contribution in [1.82, 2.24) is 4.68 Å². The van der Waals surface area contributed by atoms with Gasteiger partial charge < -0.3 is 0 Å². The van der Waals surface area contributed by atoms with E-state index in [-0.39, 0.29) is 5.56 Å². The van der Waals surface area contributed by atoms with E-state index in [0.717, 1.165) is 5.56 Å². The number of halogens is 1. The Balaban J connectivity index is 2.50. The van der Waals surface area contributed by atoms with Gasteiger partial charge in [-0.2, -0.15) is 10.4 Å². The molecule has 2 rings (SSSR count). The number of hydrogen-bond acceptors (Lipinski definition) is 3. The molecule has 100 valence electrons. The Bertz CT molecular complexity index is 785. The Morgan fingerprint density at radius 2 is 2.10 bits per heavy atom. The van der Waals surface area contributed by atoms with Crippen molar-refractivity contribution >= 4 is 17.8 Å². The third-order valence-corrected chi connectivity index (χ3v) is 3.08. The number of nitrogens with zero attached hydrogens (tertiary/aromatic N) is 3. The minimum absolute atomic E-state index is 0.110. The van der Waals surface area contributed by atoms with Crippen LogP contribution < -0.4 is 5.56 Å². The van der Waals surface area contributed by atoms with Gasteiger partial charge in [-0.3, -0.25) is 4.79 Å². The number of aromatic nitrogens is 1. The van der Waals surface area contributed by atoms with Crippen molar-refractivity contribution in [2.24, 2.45) is 5.10 Å². The molecular weight excluding hydrogens is 274 g/mol. The molecule has 0 aliphatic heterocycles. The van der Waals surface area contributed by atoms with Crippen LogP contribution in [0.15, 0.2) is 40.2 Å². The van der Waals surface area contributed by atoms with E-state index in [1.54, 1.807) is 38.1 Å². The molecular formula is C15H12ClN3O. The Labute approximate surface area is 121 Å². The average molecular weight is 286 g/mol. The smallest absolute Gasteiger partial charge is 0.266 e. The zero-order valence-electron chi connectivity index (χ0n) is 11.1. The van der Waals surface area contributed by atoms with Gasteiger partial charge in [0.25, 0.3) is 5.56 Å². The van der Waals surface area contributed by atoms with Crippen LogP contribution >= 0.6 is 11.6 Å². The molecule has 20 heavy (non-hydrogen) atoms. The summed E-state index contributed by atoms with van der Waals surface area (Å²) in [6, 6.07) is 10.8. The lowest BCUT2D eigenvalue weighted by molar-refractivity contribution is 0.786. The van der Waals surface area contributed by atoms with Crippen molar-refractivity contribution in [1.29, 1.82) is 5.26 Å². The number of hydrogen-bond donors (Lipinski definition) is 0. The van der Waals surface area contributed by atoms with Crippen molar-refractivity contribution in [2.75, 3.05) is 0 Å². The van der Waals surface area contributed by atoms with Crippen molar-refractivity contribution < 1.29 is 0 Å². The molecule has 5 heteroatoms. The molecule has 0 radical (unpaired) electrons. The van der Waals surface area contributed by atoms with Gasteiger partial charge in [0, 0.05) is 10.7 Å². The average Bonchev–Trinajstić information content (AvgIpc) is 2.38. The number of benzene rings is 1. The molecule has 0 fully saturated rings. The third kappa shape index (κ3) is 2.79. The SMILES string of the molecule is Cc1cc(C)n(/N=C/c2cccc(Cl)c2)c(=O)c1C#N. The molecule has 0 aliphatic carbocycles. The van der Waals surface area contributed by atoms with Crippen LogP contribution in [0.25, 0.3) is 0 Å². The second-order valence-corrected chi connectivity index (χ2v) is 4.81. The van der Waals surface area contributed by atoms with Gasteiger partial charge >= 0.3 is 0 Å². The second-order valence-electron chi connectivity index (χ2n) is 4.37. The molecule has 0 aliphatic rings. The van der Waals surface area contributed by atoms with E-state index >= 15 is 0 Å². The van der Waals surface area contributed by atoms with Gasteiger partial charge in [-0.05, 0) is 43.2 Å².